The lowest BCUT2D eigenvalue weighted by Crippen LogP contribution is -2.24. The van der Waals surface area contributed by atoms with Crippen LogP contribution in [0.3, 0.4) is 0 Å². The Hall–Kier alpha value is -2.87. The summed E-state index contributed by atoms with van der Waals surface area (Å²) in [5.74, 6) is 0.261. The number of hydrogen-bond acceptors (Lipinski definition) is 5. The van der Waals surface area contributed by atoms with Crippen LogP contribution in [0.4, 0.5) is 5.69 Å². The molecule has 2 amide bonds. The van der Waals surface area contributed by atoms with Crippen LogP contribution in [-0.2, 0) is 9.59 Å². The molecule has 0 saturated carbocycles. The molecule has 7 nitrogen and oxygen atoms in total. The summed E-state index contributed by atoms with van der Waals surface area (Å²) < 4.78 is 11.9. The van der Waals surface area contributed by atoms with Gasteiger partial charge in [-0.3, -0.25) is 9.59 Å². The first kappa shape index (κ1) is 23.4. The molecule has 0 spiro atoms. The number of halogens is 1. The van der Waals surface area contributed by atoms with Gasteiger partial charge in [-0.2, -0.15) is 5.10 Å². The second-order valence-corrected chi connectivity index (χ2v) is 7.47. The summed E-state index contributed by atoms with van der Waals surface area (Å²) in [6.45, 7) is 4.65. The zero-order valence-electron chi connectivity index (χ0n) is 17.3. The average Bonchev–Trinajstić information content (AvgIpc) is 2.71. The summed E-state index contributed by atoms with van der Waals surface area (Å²) in [7, 11) is 1.56. The van der Waals surface area contributed by atoms with Gasteiger partial charge in [-0.15, -0.1) is 0 Å². The fourth-order valence-corrected chi connectivity index (χ4v) is 3.05. The van der Waals surface area contributed by atoms with Crippen LogP contribution in [0.2, 0.25) is 0 Å². The standard InChI is InChI=1S/C22H26BrN3O4/c1-4-5-10-30-22-18(23)11-16(12-19(22)29-3)14-24-26-21(28)13-20(27)25-17-8-6-15(2)7-9-17/h6-9,11-12,14H,4-5,10,13H2,1-3H3,(H,25,27)(H,26,28). The number of amides is 2. The van der Waals surface area contributed by atoms with Crippen molar-refractivity contribution in [1.29, 1.82) is 0 Å². The molecule has 2 aromatic rings. The summed E-state index contributed by atoms with van der Waals surface area (Å²) in [5.41, 5.74) is 4.78. The molecule has 30 heavy (non-hydrogen) atoms. The van der Waals surface area contributed by atoms with Crippen LogP contribution in [0.15, 0.2) is 46.0 Å². The lowest BCUT2D eigenvalue weighted by atomic mass is 10.2. The molecular formula is C22H26BrN3O4. The lowest BCUT2D eigenvalue weighted by molar-refractivity contribution is -0.126. The molecule has 0 radical (unpaired) electrons. The molecule has 0 aromatic heterocycles. The fourth-order valence-electron chi connectivity index (χ4n) is 2.48. The van der Waals surface area contributed by atoms with Crippen molar-refractivity contribution in [3.63, 3.8) is 0 Å². The Balaban J connectivity index is 1.90. The van der Waals surface area contributed by atoms with Gasteiger partial charge >= 0.3 is 0 Å². The SMILES string of the molecule is CCCCOc1c(Br)cc(C=NNC(=O)CC(=O)Nc2ccc(C)cc2)cc1OC. The highest BCUT2D eigenvalue weighted by Gasteiger charge is 2.12. The molecule has 0 aliphatic heterocycles. The number of benzene rings is 2. The molecule has 2 aromatic carbocycles. The highest BCUT2D eigenvalue weighted by molar-refractivity contribution is 9.10. The highest BCUT2D eigenvalue weighted by atomic mass is 79.9. The number of anilines is 1. The number of aryl methyl sites for hydroxylation is 1. The minimum Gasteiger partial charge on any atom is -0.493 e. The Labute approximate surface area is 185 Å². The minimum atomic E-state index is -0.513. The number of hydrogen-bond donors (Lipinski definition) is 2. The third-order valence-electron chi connectivity index (χ3n) is 4.06. The number of nitrogens with zero attached hydrogens (tertiary/aromatic N) is 1. The number of carbonyl (C=O) groups is 2. The first-order chi connectivity index (χ1) is 14.4. The smallest absolute Gasteiger partial charge is 0.249 e. The summed E-state index contributed by atoms with van der Waals surface area (Å²) in [6.07, 6.45) is 3.12. The third kappa shape index (κ3) is 7.51. The second-order valence-electron chi connectivity index (χ2n) is 6.62. The van der Waals surface area contributed by atoms with Gasteiger partial charge in [0, 0.05) is 5.69 Å². The van der Waals surface area contributed by atoms with Crippen LogP contribution in [0.5, 0.6) is 11.5 Å². The molecule has 0 bridgehead atoms. The number of unbranched alkanes of at least 4 members (excludes halogenated alkanes) is 1. The van der Waals surface area contributed by atoms with Crippen LogP contribution < -0.4 is 20.2 Å². The average molecular weight is 476 g/mol. The predicted molar refractivity (Wildman–Crippen MR) is 121 cm³/mol. The quantitative estimate of drug-likeness (QED) is 0.230. The van der Waals surface area contributed by atoms with E-state index in [0.717, 1.165) is 22.9 Å². The van der Waals surface area contributed by atoms with Crippen LogP contribution in [0.25, 0.3) is 0 Å². The van der Waals surface area contributed by atoms with Gasteiger partial charge in [-0.25, -0.2) is 5.43 Å². The molecular weight excluding hydrogens is 450 g/mol. The maximum atomic E-state index is 12.0. The van der Waals surface area contributed by atoms with Crippen LogP contribution in [0, 0.1) is 6.92 Å². The third-order valence-corrected chi connectivity index (χ3v) is 4.64. The van der Waals surface area contributed by atoms with E-state index in [1.165, 1.54) is 6.21 Å². The molecule has 0 saturated heterocycles. The van der Waals surface area contributed by atoms with Crippen molar-refractivity contribution in [1.82, 2.24) is 5.43 Å². The van der Waals surface area contributed by atoms with Gasteiger partial charge in [0.15, 0.2) is 11.5 Å². The van der Waals surface area contributed by atoms with Gasteiger partial charge in [-0.1, -0.05) is 31.0 Å². The van der Waals surface area contributed by atoms with E-state index in [2.05, 4.69) is 38.7 Å². The summed E-state index contributed by atoms with van der Waals surface area (Å²) in [5, 5.41) is 6.58. The summed E-state index contributed by atoms with van der Waals surface area (Å²) >= 11 is 3.47. The number of hydrazone groups is 1. The van der Waals surface area contributed by atoms with E-state index >= 15 is 0 Å². The fraction of sp³-hybridized carbons (Fsp3) is 0.318. The Morgan fingerprint density at radius 3 is 2.57 bits per heavy atom. The van der Waals surface area contributed by atoms with E-state index in [9.17, 15) is 9.59 Å². The van der Waals surface area contributed by atoms with Gasteiger partial charge in [-0.05, 0) is 59.1 Å². The van der Waals surface area contributed by atoms with Crippen molar-refractivity contribution in [2.45, 2.75) is 33.1 Å². The van der Waals surface area contributed by atoms with Crippen molar-refractivity contribution in [2.75, 3.05) is 19.0 Å². The van der Waals surface area contributed by atoms with Gasteiger partial charge < -0.3 is 14.8 Å². The van der Waals surface area contributed by atoms with E-state index in [1.807, 2.05) is 25.1 Å². The van der Waals surface area contributed by atoms with E-state index in [1.54, 1.807) is 25.3 Å². The maximum absolute atomic E-state index is 12.0. The largest absolute Gasteiger partial charge is 0.493 e. The maximum Gasteiger partial charge on any atom is 0.249 e. The lowest BCUT2D eigenvalue weighted by Gasteiger charge is -2.13. The molecule has 2 rings (SSSR count). The molecule has 0 heterocycles. The van der Waals surface area contributed by atoms with Crippen LogP contribution in [-0.4, -0.2) is 31.7 Å². The second kappa shape index (κ2) is 12.0. The van der Waals surface area contributed by atoms with Crippen LogP contribution >= 0.6 is 15.9 Å². The first-order valence-corrected chi connectivity index (χ1v) is 10.4. The molecule has 0 aliphatic carbocycles. The molecule has 0 fully saturated rings. The zero-order chi connectivity index (χ0) is 21.9. The topological polar surface area (TPSA) is 89.0 Å². The number of ether oxygens (including phenoxy) is 2. The van der Waals surface area contributed by atoms with Crippen molar-refractivity contribution >= 4 is 39.6 Å². The van der Waals surface area contributed by atoms with E-state index < -0.39 is 11.8 Å². The monoisotopic (exact) mass is 475 g/mol. The minimum absolute atomic E-state index is 0.331. The van der Waals surface area contributed by atoms with E-state index in [0.29, 0.717) is 29.4 Å². The molecule has 0 aliphatic rings. The molecule has 0 atom stereocenters. The molecule has 160 valence electrons. The summed E-state index contributed by atoms with van der Waals surface area (Å²) in [6, 6.07) is 10.9. The number of rotatable bonds is 10. The van der Waals surface area contributed by atoms with Gasteiger partial charge in [0.1, 0.15) is 6.42 Å². The Kier molecular flexibility index (Phi) is 9.34. The Morgan fingerprint density at radius 2 is 1.90 bits per heavy atom. The molecule has 0 unspecified atom stereocenters. The number of nitrogens with one attached hydrogen (secondary N) is 2. The predicted octanol–water partition coefficient (Wildman–Crippen LogP) is 4.42. The highest BCUT2D eigenvalue weighted by Crippen LogP contribution is 2.36. The van der Waals surface area contributed by atoms with E-state index in [-0.39, 0.29) is 6.42 Å². The van der Waals surface area contributed by atoms with Crippen molar-refractivity contribution in [3.05, 3.63) is 52.0 Å². The van der Waals surface area contributed by atoms with Crippen molar-refractivity contribution in [2.24, 2.45) is 5.10 Å². The van der Waals surface area contributed by atoms with Crippen LogP contribution in [0.1, 0.15) is 37.3 Å². The van der Waals surface area contributed by atoms with E-state index in [4.69, 9.17) is 9.47 Å². The zero-order valence-corrected chi connectivity index (χ0v) is 18.9. The molecule has 8 heteroatoms. The number of methoxy groups -OCH3 is 1. The number of carbonyl (C=O) groups excluding carboxylic acids is 2. The summed E-state index contributed by atoms with van der Waals surface area (Å²) in [4.78, 5) is 23.9. The van der Waals surface area contributed by atoms with Gasteiger partial charge in [0.05, 0.1) is 24.4 Å². The Bertz CT molecular complexity index is 898. The normalized spacial score (nSPS) is 10.7. The van der Waals surface area contributed by atoms with Crippen molar-refractivity contribution < 1.29 is 19.1 Å². The van der Waals surface area contributed by atoms with Gasteiger partial charge in [0.25, 0.3) is 0 Å². The molecule has 2 N–H and O–H groups in total. The first-order valence-electron chi connectivity index (χ1n) is 9.61. The van der Waals surface area contributed by atoms with Crippen molar-refractivity contribution in [3.8, 4) is 11.5 Å². The Morgan fingerprint density at radius 1 is 1.17 bits per heavy atom. The van der Waals surface area contributed by atoms with Gasteiger partial charge in [0.2, 0.25) is 11.8 Å².